The summed E-state index contributed by atoms with van der Waals surface area (Å²) in [5, 5.41) is 11.5. The quantitative estimate of drug-likeness (QED) is 0.733. The minimum Gasteiger partial charge on any atom is -0.493 e. The second kappa shape index (κ2) is 8.93. The maximum Gasteiger partial charge on any atom is 0.353 e. The molecule has 1 fully saturated rings. The third-order valence-electron chi connectivity index (χ3n) is 4.45. The first-order valence-corrected chi connectivity index (χ1v) is 8.56. The average molecular weight is 371 g/mol. The molecule has 1 aliphatic rings. The number of benzene rings is 1. The molecule has 0 saturated carbocycles. The van der Waals surface area contributed by atoms with E-state index in [0.717, 1.165) is 6.07 Å². The van der Waals surface area contributed by atoms with Gasteiger partial charge in [-0.25, -0.2) is 0 Å². The van der Waals surface area contributed by atoms with E-state index in [1.807, 2.05) is 0 Å². The van der Waals surface area contributed by atoms with Gasteiger partial charge in [0.05, 0.1) is 18.1 Å². The Labute approximate surface area is 150 Å². The molecule has 26 heavy (non-hydrogen) atoms. The molecular weight excluding hydrogens is 348 g/mol. The summed E-state index contributed by atoms with van der Waals surface area (Å²) in [7, 11) is 0. The molecule has 1 aromatic rings. The molecule has 1 saturated heterocycles. The van der Waals surface area contributed by atoms with Crippen LogP contribution in [0.3, 0.4) is 0 Å². The Hall–Kier alpha value is -2.22. The lowest BCUT2D eigenvalue weighted by Crippen LogP contribution is -2.44. The largest absolute Gasteiger partial charge is 0.493 e. The van der Waals surface area contributed by atoms with Crippen LogP contribution in [0.2, 0.25) is 0 Å². The van der Waals surface area contributed by atoms with E-state index in [4.69, 9.17) is 9.47 Å². The van der Waals surface area contributed by atoms with Crippen molar-refractivity contribution >= 4 is 11.9 Å². The number of hydrogen-bond donors (Lipinski definition) is 2. The number of carboxylic acid groups (broad SMARTS) is 1. The normalized spacial score (nSPS) is 16.7. The van der Waals surface area contributed by atoms with Crippen LogP contribution in [0, 0.1) is 11.8 Å². The SMILES string of the molecule is CCOc1ccccc1C(F)(F)C(=O)NCC(C(=O)O)C1CCOCC1. The summed E-state index contributed by atoms with van der Waals surface area (Å²) in [5.74, 6) is -7.70. The smallest absolute Gasteiger partial charge is 0.353 e. The Morgan fingerprint density at radius 3 is 2.62 bits per heavy atom. The monoisotopic (exact) mass is 371 g/mol. The van der Waals surface area contributed by atoms with Crippen molar-refractivity contribution in [2.45, 2.75) is 25.7 Å². The second-order valence-corrected chi connectivity index (χ2v) is 6.11. The highest BCUT2D eigenvalue weighted by Crippen LogP contribution is 2.35. The molecule has 0 bridgehead atoms. The Morgan fingerprint density at radius 2 is 2.00 bits per heavy atom. The van der Waals surface area contributed by atoms with E-state index >= 15 is 0 Å². The van der Waals surface area contributed by atoms with Crippen molar-refractivity contribution in [2.24, 2.45) is 11.8 Å². The number of carboxylic acids is 1. The van der Waals surface area contributed by atoms with Gasteiger partial charge in [-0.15, -0.1) is 0 Å². The number of alkyl halides is 2. The lowest BCUT2D eigenvalue weighted by atomic mass is 9.86. The van der Waals surface area contributed by atoms with Crippen molar-refractivity contribution < 1.29 is 33.0 Å². The summed E-state index contributed by atoms with van der Waals surface area (Å²) in [6.07, 6.45) is 1.05. The molecular formula is C18H23F2NO5. The molecule has 144 valence electrons. The number of rotatable bonds is 8. The number of carbonyl (C=O) groups excluding carboxylic acids is 1. The predicted octanol–water partition coefficient (Wildman–Crippen LogP) is 2.42. The second-order valence-electron chi connectivity index (χ2n) is 6.11. The number of carbonyl (C=O) groups is 2. The average Bonchev–Trinajstić information content (AvgIpc) is 2.63. The predicted molar refractivity (Wildman–Crippen MR) is 89.2 cm³/mol. The topological polar surface area (TPSA) is 84.9 Å². The molecule has 2 rings (SSSR count). The molecule has 8 heteroatoms. The van der Waals surface area contributed by atoms with E-state index in [-0.39, 0.29) is 24.8 Å². The zero-order chi connectivity index (χ0) is 19.2. The molecule has 0 aromatic heterocycles. The molecule has 1 aromatic carbocycles. The summed E-state index contributed by atoms with van der Waals surface area (Å²) in [6, 6.07) is 5.41. The number of ether oxygens (including phenoxy) is 2. The van der Waals surface area contributed by atoms with Gasteiger partial charge in [0.2, 0.25) is 0 Å². The van der Waals surface area contributed by atoms with Crippen LogP contribution >= 0.6 is 0 Å². The highest BCUT2D eigenvalue weighted by Gasteiger charge is 2.44. The minimum atomic E-state index is -3.83. The van der Waals surface area contributed by atoms with Gasteiger partial charge >= 0.3 is 11.9 Å². The highest BCUT2D eigenvalue weighted by molar-refractivity contribution is 5.86. The Kier molecular flexibility index (Phi) is 6.90. The van der Waals surface area contributed by atoms with Crippen molar-refractivity contribution in [2.75, 3.05) is 26.4 Å². The summed E-state index contributed by atoms with van der Waals surface area (Å²) >= 11 is 0. The van der Waals surface area contributed by atoms with Crippen LogP contribution in [0.4, 0.5) is 8.78 Å². The molecule has 1 aliphatic heterocycles. The molecule has 0 aliphatic carbocycles. The van der Waals surface area contributed by atoms with Gasteiger partial charge in [0.1, 0.15) is 5.75 Å². The first-order chi connectivity index (χ1) is 12.4. The van der Waals surface area contributed by atoms with Crippen molar-refractivity contribution in [3.63, 3.8) is 0 Å². The highest BCUT2D eigenvalue weighted by atomic mass is 19.3. The molecule has 1 heterocycles. The first-order valence-electron chi connectivity index (χ1n) is 8.56. The molecule has 0 radical (unpaired) electrons. The fourth-order valence-electron chi connectivity index (χ4n) is 3.02. The van der Waals surface area contributed by atoms with Crippen LogP contribution in [0.15, 0.2) is 24.3 Å². The molecule has 2 N–H and O–H groups in total. The van der Waals surface area contributed by atoms with E-state index in [1.54, 1.807) is 6.92 Å². The third-order valence-corrected chi connectivity index (χ3v) is 4.45. The van der Waals surface area contributed by atoms with Gasteiger partial charge in [-0.3, -0.25) is 9.59 Å². The van der Waals surface area contributed by atoms with Crippen LogP contribution in [0.25, 0.3) is 0 Å². The maximum atomic E-state index is 14.6. The van der Waals surface area contributed by atoms with E-state index in [9.17, 15) is 23.5 Å². The van der Waals surface area contributed by atoms with Gasteiger partial charge in [0.15, 0.2) is 0 Å². The number of aliphatic carboxylic acids is 1. The van der Waals surface area contributed by atoms with E-state index < -0.39 is 29.3 Å². The van der Waals surface area contributed by atoms with Crippen LogP contribution in [0.5, 0.6) is 5.75 Å². The Morgan fingerprint density at radius 1 is 1.35 bits per heavy atom. The van der Waals surface area contributed by atoms with Crippen LogP contribution in [0.1, 0.15) is 25.3 Å². The lowest BCUT2D eigenvalue weighted by Gasteiger charge is -2.28. The van der Waals surface area contributed by atoms with Crippen LogP contribution in [-0.2, 0) is 20.2 Å². The van der Waals surface area contributed by atoms with E-state index in [0.29, 0.717) is 26.1 Å². The number of amides is 1. The Balaban J connectivity index is 2.08. The number of hydrogen-bond acceptors (Lipinski definition) is 4. The van der Waals surface area contributed by atoms with E-state index in [1.165, 1.54) is 18.2 Å². The number of halogens is 2. The van der Waals surface area contributed by atoms with Gasteiger partial charge in [-0.2, -0.15) is 8.78 Å². The zero-order valence-electron chi connectivity index (χ0n) is 14.5. The molecule has 1 atom stereocenters. The summed E-state index contributed by atoms with van der Waals surface area (Å²) in [4.78, 5) is 23.6. The fraction of sp³-hybridized carbons (Fsp3) is 0.556. The van der Waals surface area contributed by atoms with Gasteiger partial charge < -0.3 is 19.9 Å². The van der Waals surface area contributed by atoms with E-state index in [2.05, 4.69) is 5.32 Å². The molecule has 1 amide bonds. The lowest BCUT2D eigenvalue weighted by molar-refractivity contribution is -0.149. The number of nitrogens with one attached hydrogen (secondary N) is 1. The zero-order valence-corrected chi connectivity index (χ0v) is 14.5. The molecule has 0 spiro atoms. The van der Waals surface area contributed by atoms with Gasteiger partial charge in [0, 0.05) is 19.8 Å². The van der Waals surface area contributed by atoms with Crippen LogP contribution < -0.4 is 10.1 Å². The summed E-state index contributed by atoms with van der Waals surface area (Å²) in [6.45, 7) is 2.34. The summed E-state index contributed by atoms with van der Waals surface area (Å²) in [5.41, 5.74) is -0.544. The molecule has 6 nitrogen and oxygen atoms in total. The van der Waals surface area contributed by atoms with Crippen molar-refractivity contribution in [1.29, 1.82) is 0 Å². The summed E-state index contributed by atoms with van der Waals surface area (Å²) < 4.78 is 39.5. The van der Waals surface area contributed by atoms with Crippen molar-refractivity contribution in [3.8, 4) is 5.75 Å². The molecule has 1 unspecified atom stereocenters. The maximum absolute atomic E-state index is 14.6. The third kappa shape index (κ3) is 4.69. The minimum absolute atomic E-state index is 0.0747. The van der Waals surface area contributed by atoms with Crippen LogP contribution in [-0.4, -0.2) is 43.3 Å². The van der Waals surface area contributed by atoms with Gasteiger partial charge in [0.25, 0.3) is 5.91 Å². The first kappa shape index (κ1) is 20.1. The van der Waals surface area contributed by atoms with Gasteiger partial charge in [-0.05, 0) is 37.8 Å². The standard InChI is InChI=1S/C18H23F2NO5/c1-2-26-15-6-4-3-5-14(15)18(19,20)17(24)21-11-13(16(22)23)12-7-9-25-10-8-12/h3-6,12-13H,2,7-11H2,1H3,(H,21,24)(H,22,23). The van der Waals surface area contributed by atoms with Gasteiger partial charge in [-0.1, -0.05) is 12.1 Å². The van der Waals surface area contributed by atoms with Crippen molar-refractivity contribution in [3.05, 3.63) is 29.8 Å². The number of para-hydroxylation sites is 1. The Bertz CT molecular complexity index is 632. The van der Waals surface area contributed by atoms with Crippen molar-refractivity contribution in [1.82, 2.24) is 5.32 Å². The fourth-order valence-corrected chi connectivity index (χ4v) is 3.02.